The minimum Gasteiger partial charge on any atom is -0.336 e. The predicted octanol–water partition coefficient (Wildman–Crippen LogP) is 1.51. The molecule has 0 radical (unpaired) electrons. The number of nitrogens with one attached hydrogen (secondary N) is 1. The van der Waals surface area contributed by atoms with E-state index in [-0.39, 0.29) is 30.3 Å². The van der Waals surface area contributed by atoms with Crippen LogP contribution in [0.3, 0.4) is 0 Å². The molecule has 0 bridgehead atoms. The van der Waals surface area contributed by atoms with Gasteiger partial charge in [-0.2, -0.15) is 0 Å². The van der Waals surface area contributed by atoms with Crippen molar-refractivity contribution in [3.8, 4) is 0 Å². The van der Waals surface area contributed by atoms with E-state index in [9.17, 15) is 14.0 Å². The van der Waals surface area contributed by atoms with Gasteiger partial charge in [0.2, 0.25) is 5.91 Å². The number of likely N-dealkylation sites (tertiary alicyclic amines) is 1. The molecule has 21 heavy (non-hydrogen) atoms. The van der Waals surface area contributed by atoms with Crippen LogP contribution in [0.4, 0.5) is 9.18 Å². The summed E-state index contributed by atoms with van der Waals surface area (Å²) in [6.07, 6.45) is 1.95. The van der Waals surface area contributed by atoms with E-state index in [1.165, 1.54) is 17.0 Å². The van der Waals surface area contributed by atoms with E-state index in [4.69, 9.17) is 0 Å². The van der Waals surface area contributed by atoms with Crippen molar-refractivity contribution < 1.29 is 14.0 Å². The topological polar surface area (TPSA) is 52.7 Å². The van der Waals surface area contributed by atoms with Crippen molar-refractivity contribution in [2.45, 2.75) is 18.9 Å². The van der Waals surface area contributed by atoms with Crippen molar-refractivity contribution in [1.82, 2.24) is 15.1 Å². The Morgan fingerprint density at radius 1 is 1.29 bits per heavy atom. The molecule has 2 aliphatic rings. The van der Waals surface area contributed by atoms with Crippen molar-refractivity contribution in [3.63, 3.8) is 0 Å². The second-order valence-electron chi connectivity index (χ2n) is 5.46. The second-order valence-corrected chi connectivity index (χ2v) is 5.46. The van der Waals surface area contributed by atoms with Crippen molar-refractivity contribution in [1.29, 1.82) is 0 Å². The lowest BCUT2D eigenvalue weighted by molar-refractivity contribution is -0.129. The molecule has 6 heteroatoms. The van der Waals surface area contributed by atoms with Gasteiger partial charge < -0.3 is 5.32 Å². The Labute approximate surface area is 122 Å². The van der Waals surface area contributed by atoms with Gasteiger partial charge in [-0.25, -0.2) is 9.18 Å². The normalized spacial score (nSPS) is 22.6. The lowest BCUT2D eigenvalue weighted by atomic mass is 10.0. The first-order valence-electron chi connectivity index (χ1n) is 7.23. The van der Waals surface area contributed by atoms with E-state index in [2.05, 4.69) is 10.2 Å². The molecule has 1 unspecified atom stereocenters. The number of hydrogen-bond acceptors (Lipinski definition) is 3. The highest BCUT2D eigenvalue weighted by Gasteiger charge is 2.32. The van der Waals surface area contributed by atoms with Gasteiger partial charge in [0.15, 0.2) is 0 Å². The maximum atomic E-state index is 13.0. The molecule has 2 aliphatic heterocycles. The molecule has 1 atom stereocenters. The number of imide groups is 1. The van der Waals surface area contributed by atoms with E-state index < -0.39 is 0 Å². The highest BCUT2D eigenvalue weighted by molar-refractivity contribution is 5.96. The zero-order valence-electron chi connectivity index (χ0n) is 11.7. The minimum absolute atomic E-state index is 0.125. The number of urea groups is 1. The average Bonchev–Trinajstić information content (AvgIpc) is 3.09. The lowest BCUT2D eigenvalue weighted by Crippen LogP contribution is -2.41. The number of nitrogens with zero attached hydrogens (tertiary/aromatic N) is 2. The van der Waals surface area contributed by atoms with Gasteiger partial charge in [0.05, 0.1) is 6.54 Å². The molecule has 3 rings (SSSR count). The van der Waals surface area contributed by atoms with Crippen LogP contribution >= 0.6 is 0 Å². The zero-order valence-corrected chi connectivity index (χ0v) is 11.7. The molecule has 112 valence electrons. The molecule has 0 saturated carbocycles. The zero-order chi connectivity index (χ0) is 14.8. The van der Waals surface area contributed by atoms with Crippen LogP contribution in [0.25, 0.3) is 0 Å². The summed E-state index contributed by atoms with van der Waals surface area (Å²) < 4.78 is 13.0. The molecule has 2 heterocycles. The fourth-order valence-corrected chi connectivity index (χ4v) is 3.05. The largest absolute Gasteiger partial charge is 0.336 e. The maximum Gasteiger partial charge on any atom is 0.324 e. The Hall–Kier alpha value is -1.95. The molecule has 2 saturated heterocycles. The molecule has 1 aromatic carbocycles. The Bertz CT molecular complexity index is 546. The molecule has 1 aromatic rings. The third-order valence-corrected chi connectivity index (χ3v) is 4.11. The van der Waals surface area contributed by atoms with Gasteiger partial charge in [0, 0.05) is 19.1 Å². The van der Waals surface area contributed by atoms with Crippen LogP contribution in [-0.4, -0.2) is 47.9 Å². The number of carbonyl (C=O) groups is 2. The van der Waals surface area contributed by atoms with Crippen LogP contribution in [0.5, 0.6) is 0 Å². The highest BCUT2D eigenvalue weighted by atomic mass is 19.1. The quantitative estimate of drug-likeness (QED) is 0.918. The summed E-state index contributed by atoms with van der Waals surface area (Å²) in [6, 6.07) is 6.25. The first kappa shape index (κ1) is 14.0. The first-order chi connectivity index (χ1) is 10.1. The average molecular weight is 291 g/mol. The van der Waals surface area contributed by atoms with Gasteiger partial charge in [-0.1, -0.05) is 12.1 Å². The Balaban J connectivity index is 1.68. The number of benzene rings is 1. The molecule has 0 aromatic heterocycles. The Morgan fingerprint density at radius 3 is 2.71 bits per heavy atom. The van der Waals surface area contributed by atoms with Crippen LogP contribution in [0.15, 0.2) is 24.3 Å². The smallest absolute Gasteiger partial charge is 0.324 e. The number of amides is 3. The lowest BCUT2D eigenvalue weighted by Gasteiger charge is -2.25. The Kier molecular flexibility index (Phi) is 3.88. The molecule has 3 amide bonds. The molecular weight excluding hydrogens is 273 g/mol. The van der Waals surface area contributed by atoms with Gasteiger partial charge in [0.1, 0.15) is 5.82 Å². The van der Waals surface area contributed by atoms with Crippen molar-refractivity contribution in [2.24, 2.45) is 0 Å². The first-order valence-corrected chi connectivity index (χ1v) is 7.23. The summed E-state index contributed by atoms with van der Waals surface area (Å²) in [5.74, 6) is -0.424. The summed E-state index contributed by atoms with van der Waals surface area (Å²) in [5, 5.41) is 2.63. The molecule has 0 spiro atoms. The standard InChI is InChI=1S/C15H18FN3O2/c16-12-5-3-11(4-6-12)13-2-1-8-18(13)10-14(20)19-9-7-17-15(19)21/h3-6,13H,1-2,7-10H2,(H,17,21). The third kappa shape index (κ3) is 2.90. The SMILES string of the molecule is O=C(CN1CCCC1c1ccc(F)cc1)N1CCNC1=O. The van der Waals surface area contributed by atoms with Gasteiger partial charge in [-0.05, 0) is 37.1 Å². The maximum absolute atomic E-state index is 13.0. The van der Waals surface area contributed by atoms with Gasteiger partial charge in [-0.3, -0.25) is 14.6 Å². The van der Waals surface area contributed by atoms with Crippen LogP contribution in [0.1, 0.15) is 24.4 Å². The summed E-state index contributed by atoms with van der Waals surface area (Å²) in [5.41, 5.74) is 1.02. The van der Waals surface area contributed by atoms with Crippen LogP contribution in [-0.2, 0) is 4.79 Å². The Morgan fingerprint density at radius 2 is 2.05 bits per heavy atom. The molecule has 0 aliphatic carbocycles. The third-order valence-electron chi connectivity index (χ3n) is 4.11. The van der Waals surface area contributed by atoms with E-state index in [0.717, 1.165) is 24.9 Å². The van der Waals surface area contributed by atoms with Crippen molar-refractivity contribution in [3.05, 3.63) is 35.6 Å². The van der Waals surface area contributed by atoms with Crippen LogP contribution in [0, 0.1) is 5.82 Å². The van der Waals surface area contributed by atoms with Crippen LogP contribution < -0.4 is 5.32 Å². The predicted molar refractivity (Wildman–Crippen MR) is 75.1 cm³/mol. The van der Waals surface area contributed by atoms with Gasteiger partial charge in [-0.15, -0.1) is 0 Å². The van der Waals surface area contributed by atoms with Gasteiger partial charge >= 0.3 is 6.03 Å². The molecular formula is C15H18FN3O2. The number of rotatable bonds is 3. The molecule has 1 N–H and O–H groups in total. The monoisotopic (exact) mass is 291 g/mol. The van der Waals surface area contributed by atoms with E-state index >= 15 is 0 Å². The summed E-state index contributed by atoms with van der Waals surface area (Å²) >= 11 is 0. The van der Waals surface area contributed by atoms with E-state index in [1.54, 1.807) is 12.1 Å². The van der Waals surface area contributed by atoms with Crippen LogP contribution in [0.2, 0.25) is 0 Å². The number of hydrogen-bond donors (Lipinski definition) is 1. The summed E-state index contributed by atoms with van der Waals surface area (Å²) in [6.45, 7) is 2.01. The second kappa shape index (κ2) is 5.81. The van der Waals surface area contributed by atoms with Crippen molar-refractivity contribution in [2.75, 3.05) is 26.2 Å². The summed E-state index contributed by atoms with van der Waals surface area (Å²) in [7, 11) is 0. The van der Waals surface area contributed by atoms with Crippen molar-refractivity contribution >= 4 is 11.9 Å². The highest BCUT2D eigenvalue weighted by Crippen LogP contribution is 2.31. The summed E-state index contributed by atoms with van der Waals surface area (Å²) in [4.78, 5) is 27.1. The molecule has 2 fully saturated rings. The van der Waals surface area contributed by atoms with E-state index in [0.29, 0.717) is 13.1 Å². The number of carbonyl (C=O) groups excluding carboxylic acids is 2. The fourth-order valence-electron chi connectivity index (χ4n) is 3.05. The number of halogens is 1. The van der Waals surface area contributed by atoms with Gasteiger partial charge in [0.25, 0.3) is 0 Å². The minimum atomic E-state index is -0.308. The molecule has 5 nitrogen and oxygen atoms in total. The van der Waals surface area contributed by atoms with E-state index in [1.807, 2.05) is 0 Å². The fraction of sp³-hybridized carbons (Fsp3) is 0.467.